The van der Waals surface area contributed by atoms with Crippen molar-refractivity contribution in [3.8, 4) is 0 Å². The zero-order valence-corrected chi connectivity index (χ0v) is 13.3. The molecule has 0 aliphatic carbocycles. The maximum Gasteiger partial charge on any atom is 0.232 e. The number of fused-ring (bicyclic) bond motifs is 1. The van der Waals surface area contributed by atoms with Gasteiger partial charge in [0.25, 0.3) is 0 Å². The Morgan fingerprint density at radius 2 is 1.86 bits per heavy atom. The SMILES string of the molecule is CC(c1ccc(C(Cl)(Cl)Cl)nc1)n1nnc2ccccc21. The fourth-order valence-corrected chi connectivity index (χ4v) is 2.47. The normalized spacial score (nSPS) is 13.5. The molecule has 7 heteroatoms. The van der Waals surface area contributed by atoms with Crippen molar-refractivity contribution in [2.24, 2.45) is 0 Å². The Hall–Kier alpha value is -1.36. The number of rotatable bonds is 2. The van der Waals surface area contributed by atoms with Crippen LogP contribution in [0.25, 0.3) is 11.0 Å². The van der Waals surface area contributed by atoms with Crippen LogP contribution >= 0.6 is 34.8 Å². The molecule has 2 aromatic heterocycles. The minimum absolute atomic E-state index is 0.0191. The number of para-hydroxylation sites is 1. The maximum absolute atomic E-state index is 5.81. The van der Waals surface area contributed by atoms with E-state index in [9.17, 15) is 0 Å². The van der Waals surface area contributed by atoms with Crippen LogP contribution in [0.15, 0.2) is 42.6 Å². The molecule has 0 fully saturated rings. The topological polar surface area (TPSA) is 43.6 Å². The van der Waals surface area contributed by atoms with Gasteiger partial charge < -0.3 is 0 Å². The van der Waals surface area contributed by atoms with E-state index in [1.54, 1.807) is 12.3 Å². The summed E-state index contributed by atoms with van der Waals surface area (Å²) in [6.45, 7) is 2.02. The Kier molecular flexibility index (Phi) is 3.78. The largest absolute Gasteiger partial charge is 0.256 e. The standard InChI is InChI=1S/C14H11Cl3N4/c1-9(10-6-7-13(18-8-10)14(15,16)17)21-12-5-3-2-4-11(12)19-20-21/h2-9H,1H3. The Balaban J connectivity index is 1.97. The molecule has 3 rings (SSSR count). The number of halogens is 3. The van der Waals surface area contributed by atoms with Crippen molar-refractivity contribution < 1.29 is 0 Å². The summed E-state index contributed by atoms with van der Waals surface area (Å²) in [4.78, 5) is 4.20. The first-order valence-electron chi connectivity index (χ1n) is 6.30. The molecule has 3 aromatic rings. The minimum atomic E-state index is -1.51. The van der Waals surface area contributed by atoms with Crippen LogP contribution in [-0.4, -0.2) is 20.0 Å². The fraction of sp³-hybridized carbons (Fsp3) is 0.214. The van der Waals surface area contributed by atoms with Crippen LogP contribution in [0.5, 0.6) is 0 Å². The molecule has 21 heavy (non-hydrogen) atoms. The van der Waals surface area contributed by atoms with Gasteiger partial charge >= 0.3 is 0 Å². The lowest BCUT2D eigenvalue weighted by atomic mass is 10.1. The number of aromatic nitrogens is 4. The number of benzene rings is 1. The summed E-state index contributed by atoms with van der Waals surface area (Å²) in [5.41, 5.74) is 3.18. The maximum atomic E-state index is 5.81. The summed E-state index contributed by atoms with van der Waals surface area (Å²) in [7, 11) is 0. The molecule has 0 spiro atoms. The van der Waals surface area contributed by atoms with Crippen LogP contribution < -0.4 is 0 Å². The molecule has 108 valence electrons. The summed E-state index contributed by atoms with van der Waals surface area (Å²) < 4.78 is 0.336. The van der Waals surface area contributed by atoms with E-state index in [2.05, 4.69) is 15.3 Å². The molecule has 0 radical (unpaired) electrons. The summed E-state index contributed by atoms with van der Waals surface area (Å²) >= 11 is 17.4. The van der Waals surface area contributed by atoms with Crippen LogP contribution in [-0.2, 0) is 3.79 Å². The van der Waals surface area contributed by atoms with E-state index in [0.29, 0.717) is 5.69 Å². The molecule has 0 saturated heterocycles. The highest BCUT2D eigenvalue weighted by atomic mass is 35.6. The number of alkyl halides is 3. The van der Waals surface area contributed by atoms with Gasteiger partial charge in [-0.3, -0.25) is 4.98 Å². The van der Waals surface area contributed by atoms with Gasteiger partial charge in [0.2, 0.25) is 3.79 Å². The molecule has 1 atom stereocenters. The average Bonchev–Trinajstić information content (AvgIpc) is 2.90. The summed E-state index contributed by atoms with van der Waals surface area (Å²) in [6.07, 6.45) is 1.69. The van der Waals surface area contributed by atoms with E-state index in [1.165, 1.54) is 0 Å². The van der Waals surface area contributed by atoms with Crippen LogP contribution in [0.2, 0.25) is 0 Å². The number of hydrogen-bond acceptors (Lipinski definition) is 3. The van der Waals surface area contributed by atoms with Crippen LogP contribution in [0.1, 0.15) is 24.2 Å². The number of nitrogens with zero attached hydrogens (tertiary/aromatic N) is 4. The second-order valence-corrected chi connectivity index (χ2v) is 6.95. The smallest absolute Gasteiger partial charge is 0.232 e. The third-order valence-electron chi connectivity index (χ3n) is 3.30. The molecule has 4 nitrogen and oxygen atoms in total. The quantitative estimate of drug-likeness (QED) is 0.654. The van der Waals surface area contributed by atoms with Gasteiger partial charge in [-0.2, -0.15) is 0 Å². The molecule has 1 unspecified atom stereocenters. The zero-order valence-electron chi connectivity index (χ0n) is 11.0. The summed E-state index contributed by atoms with van der Waals surface area (Å²) in [5, 5.41) is 8.35. The van der Waals surface area contributed by atoms with Crippen molar-refractivity contribution >= 4 is 45.8 Å². The number of hydrogen-bond donors (Lipinski definition) is 0. The molecule has 0 N–H and O–H groups in total. The lowest BCUT2D eigenvalue weighted by molar-refractivity contribution is 0.558. The van der Waals surface area contributed by atoms with E-state index in [0.717, 1.165) is 16.6 Å². The van der Waals surface area contributed by atoms with Gasteiger partial charge in [-0.25, -0.2) is 4.68 Å². The van der Waals surface area contributed by atoms with Crippen molar-refractivity contribution in [2.45, 2.75) is 16.8 Å². The van der Waals surface area contributed by atoms with Gasteiger partial charge in [-0.15, -0.1) is 5.10 Å². The molecule has 0 saturated carbocycles. The van der Waals surface area contributed by atoms with Crippen molar-refractivity contribution in [3.05, 3.63) is 53.9 Å². The predicted molar refractivity (Wildman–Crippen MR) is 84.8 cm³/mol. The van der Waals surface area contributed by atoms with Gasteiger partial charge in [0.05, 0.1) is 17.3 Å². The van der Waals surface area contributed by atoms with Crippen molar-refractivity contribution in [1.82, 2.24) is 20.0 Å². The fourth-order valence-electron chi connectivity index (χ4n) is 2.13. The highest BCUT2D eigenvalue weighted by Crippen LogP contribution is 2.37. The second-order valence-electron chi connectivity index (χ2n) is 4.67. The number of pyridine rings is 1. The first kappa shape index (κ1) is 14.6. The Morgan fingerprint density at radius 1 is 1.10 bits per heavy atom. The van der Waals surface area contributed by atoms with Crippen LogP contribution in [0, 0.1) is 0 Å². The minimum Gasteiger partial charge on any atom is -0.256 e. The molecular formula is C14H11Cl3N4. The monoisotopic (exact) mass is 340 g/mol. The Morgan fingerprint density at radius 3 is 2.52 bits per heavy atom. The van der Waals surface area contributed by atoms with Crippen molar-refractivity contribution in [2.75, 3.05) is 0 Å². The van der Waals surface area contributed by atoms with Crippen molar-refractivity contribution in [1.29, 1.82) is 0 Å². The predicted octanol–water partition coefficient (Wildman–Crippen LogP) is 4.26. The van der Waals surface area contributed by atoms with Crippen molar-refractivity contribution in [3.63, 3.8) is 0 Å². The second kappa shape index (κ2) is 5.44. The van der Waals surface area contributed by atoms with Gasteiger partial charge in [-0.1, -0.05) is 58.2 Å². The molecule has 0 bridgehead atoms. The van der Waals surface area contributed by atoms with Crippen LogP contribution in [0.3, 0.4) is 0 Å². The van der Waals surface area contributed by atoms with Gasteiger partial charge in [0.15, 0.2) is 0 Å². The molecule has 0 aliphatic rings. The molecule has 0 aliphatic heterocycles. The van der Waals surface area contributed by atoms with Crippen LogP contribution in [0.4, 0.5) is 0 Å². The first-order chi connectivity index (χ1) is 9.97. The third-order valence-corrected chi connectivity index (χ3v) is 3.88. The lowest BCUT2D eigenvalue weighted by Crippen LogP contribution is -2.10. The summed E-state index contributed by atoms with van der Waals surface area (Å²) in [5.74, 6) is 0. The Labute approximate surface area is 136 Å². The Bertz CT molecular complexity index is 762. The molecule has 2 heterocycles. The molecular weight excluding hydrogens is 331 g/mol. The first-order valence-corrected chi connectivity index (χ1v) is 7.43. The summed E-state index contributed by atoms with van der Waals surface area (Å²) in [6, 6.07) is 11.4. The van der Waals surface area contributed by atoms with Gasteiger partial charge in [-0.05, 0) is 30.7 Å². The van der Waals surface area contributed by atoms with E-state index in [-0.39, 0.29) is 6.04 Å². The molecule has 0 amide bonds. The third kappa shape index (κ3) is 2.84. The van der Waals surface area contributed by atoms with E-state index < -0.39 is 3.79 Å². The van der Waals surface area contributed by atoms with Gasteiger partial charge in [0.1, 0.15) is 5.52 Å². The highest BCUT2D eigenvalue weighted by Gasteiger charge is 2.24. The average molecular weight is 342 g/mol. The van der Waals surface area contributed by atoms with E-state index in [1.807, 2.05) is 41.9 Å². The zero-order chi connectivity index (χ0) is 15.0. The van der Waals surface area contributed by atoms with E-state index >= 15 is 0 Å². The highest BCUT2D eigenvalue weighted by molar-refractivity contribution is 6.66. The lowest BCUT2D eigenvalue weighted by Gasteiger charge is -2.15. The van der Waals surface area contributed by atoms with E-state index in [4.69, 9.17) is 34.8 Å². The van der Waals surface area contributed by atoms with Gasteiger partial charge in [0, 0.05) is 6.20 Å². The molecule has 1 aromatic carbocycles.